The standard InChI is InChI=1S/C10H14.C7H12N2/c1-9(2)8-10-6-4-3-5-7-10;1-6(2)7-4-9(3)5-8-7/h3-7,9H,8H2,1-2H3;4-6H,1-3H3. The molecule has 0 unspecified atom stereocenters. The second-order valence-electron chi connectivity index (χ2n) is 5.70. The third kappa shape index (κ3) is 6.23. The number of nitrogens with zero attached hydrogens (tertiary/aromatic N) is 2. The lowest BCUT2D eigenvalue weighted by Crippen LogP contribution is -1.92. The average molecular weight is 258 g/mol. The van der Waals surface area contributed by atoms with Gasteiger partial charge in [-0.15, -0.1) is 0 Å². The molecule has 104 valence electrons. The Morgan fingerprint density at radius 1 is 1.05 bits per heavy atom. The normalized spacial score (nSPS) is 10.5. The van der Waals surface area contributed by atoms with E-state index in [2.05, 4.69) is 63.0 Å². The molecule has 0 bridgehead atoms. The van der Waals surface area contributed by atoms with Gasteiger partial charge in [0.15, 0.2) is 0 Å². The average Bonchev–Trinajstić information content (AvgIpc) is 2.77. The monoisotopic (exact) mass is 258 g/mol. The van der Waals surface area contributed by atoms with E-state index in [0.717, 1.165) is 11.6 Å². The van der Waals surface area contributed by atoms with Crippen molar-refractivity contribution in [3.05, 3.63) is 54.1 Å². The molecule has 0 amide bonds. The molecule has 0 spiro atoms. The predicted molar refractivity (Wildman–Crippen MR) is 82.3 cm³/mol. The molecule has 2 nitrogen and oxygen atoms in total. The highest BCUT2D eigenvalue weighted by atomic mass is 15.0. The van der Waals surface area contributed by atoms with Gasteiger partial charge < -0.3 is 4.57 Å². The maximum atomic E-state index is 4.18. The van der Waals surface area contributed by atoms with Crippen LogP contribution < -0.4 is 0 Å². The Morgan fingerprint density at radius 2 is 1.68 bits per heavy atom. The fourth-order valence-corrected chi connectivity index (χ4v) is 1.82. The Hall–Kier alpha value is -1.57. The van der Waals surface area contributed by atoms with Gasteiger partial charge >= 0.3 is 0 Å². The van der Waals surface area contributed by atoms with Crippen LogP contribution in [0.25, 0.3) is 0 Å². The van der Waals surface area contributed by atoms with Gasteiger partial charge in [0.05, 0.1) is 12.0 Å². The Kier molecular flexibility index (Phi) is 6.34. The molecular weight excluding hydrogens is 232 g/mol. The lowest BCUT2D eigenvalue weighted by Gasteiger charge is -2.02. The summed E-state index contributed by atoms with van der Waals surface area (Å²) >= 11 is 0. The van der Waals surface area contributed by atoms with Crippen LogP contribution in [0.15, 0.2) is 42.9 Å². The first-order valence-corrected chi connectivity index (χ1v) is 7.00. The zero-order chi connectivity index (χ0) is 14.3. The van der Waals surface area contributed by atoms with Crippen molar-refractivity contribution < 1.29 is 0 Å². The van der Waals surface area contributed by atoms with Crippen molar-refractivity contribution in [2.24, 2.45) is 13.0 Å². The molecule has 1 aromatic carbocycles. The Morgan fingerprint density at radius 3 is 2.05 bits per heavy atom. The van der Waals surface area contributed by atoms with E-state index in [1.807, 2.05) is 24.1 Å². The summed E-state index contributed by atoms with van der Waals surface area (Å²) in [7, 11) is 1.98. The maximum absolute atomic E-state index is 4.18. The lowest BCUT2D eigenvalue weighted by molar-refractivity contribution is 0.647. The van der Waals surface area contributed by atoms with Crippen molar-refractivity contribution in [3.8, 4) is 0 Å². The second kappa shape index (κ2) is 7.78. The predicted octanol–water partition coefficient (Wildman–Crippen LogP) is 4.43. The highest BCUT2D eigenvalue weighted by molar-refractivity contribution is 5.14. The molecule has 0 N–H and O–H groups in total. The van der Waals surface area contributed by atoms with Crippen LogP contribution in [0.5, 0.6) is 0 Å². The fourth-order valence-electron chi connectivity index (χ4n) is 1.82. The molecule has 1 heterocycles. The smallest absolute Gasteiger partial charge is 0.0946 e. The molecule has 1 aromatic heterocycles. The minimum absolute atomic E-state index is 0.547. The van der Waals surface area contributed by atoms with Crippen LogP contribution in [0.3, 0.4) is 0 Å². The number of rotatable bonds is 3. The topological polar surface area (TPSA) is 17.8 Å². The zero-order valence-electron chi connectivity index (χ0n) is 12.8. The number of imidazole rings is 1. The van der Waals surface area contributed by atoms with Crippen molar-refractivity contribution in [1.82, 2.24) is 9.55 Å². The van der Waals surface area contributed by atoms with E-state index in [1.54, 1.807) is 0 Å². The van der Waals surface area contributed by atoms with Gasteiger partial charge in [0.25, 0.3) is 0 Å². The van der Waals surface area contributed by atoms with E-state index >= 15 is 0 Å². The van der Waals surface area contributed by atoms with Gasteiger partial charge in [0, 0.05) is 13.2 Å². The van der Waals surface area contributed by atoms with Crippen molar-refractivity contribution >= 4 is 0 Å². The Labute approximate surface area is 117 Å². The number of aromatic nitrogens is 2. The van der Waals surface area contributed by atoms with Crippen LogP contribution in [0, 0.1) is 5.92 Å². The molecule has 0 aliphatic heterocycles. The second-order valence-corrected chi connectivity index (χ2v) is 5.70. The summed E-state index contributed by atoms with van der Waals surface area (Å²) < 4.78 is 1.97. The summed E-state index contributed by atoms with van der Waals surface area (Å²) in [5.41, 5.74) is 2.61. The van der Waals surface area contributed by atoms with Gasteiger partial charge in [0.1, 0.15) is 0 Å². The number of hydrogen-bond donors (Lipinski definition) is 0. The van der Waals surface area contributed by atoms with Crippen LogP contribution >= 0.6 is 0 Å². The molecule has 0 fully saturated rings. The molecule has 19 heavy (non-hydrogen) atoms. The van der Waals surface area contributed by atoms with Gasteiger partial charge in [-0.3, -0.25) is 0 Å². The summed E-state index contributed by atoms with van der Waals surface area (Å²) in [6, 6.07) is 10.6. The SMILES string of the molecule is CC(C)Cc1ccccc1.CC(C)c1cn(C)cn1. The highest BCUT2D eigenvalue weighted by Gasteiger charge is 1.99. The molecule has 0 aliphatic rings. The van der Waals surface area contributed by atoms with Gasteiger partial charge in [-0.25, -0.2) is 4.98 Å². The molecule has 0 saturated carbocycles. The Bertz CT molecular complexity index is 455. The van der Waals surface area contributed by atoms with Gasteiger partial charge in [-0.1, -0.05) is 58.0 Å². The summed E-state index contributed by atoms with van der Waals surface area (Å²) in [6.45, 7) is 8.77. The van der Waals surface area contributed by atoms with Crippen molar-refractivity contribution in [2.75, 3.05) is 0 Å². The first-order valence-electron chi connectivity index (χ1n) is 7.00. The lowest BCUT2D eigenvalue weighted by atomic mass is 10.0. The zero-order valence-corrected chi connectivity index (χ0v) is 12.8. The van der Waals surface area contributed by atoms with E-state index in [1.165, 1.54) is 12.0 Å². The number of hydrogen-bond acceptors (Lipinski definition) is 1. The number of benzene rings is 1. The Balaban J connectivity index is 0.000000191. The molecule has 2 heteroatoms. The van der Waals surface area contributed by atoms with Crippen LogP contribution in [-0.4, -0.2) is 9.55 Å². The molecule has 0 atom stereocenters. The van der Waals surface area contributed by atoms with E-state index in [0.29, 0.717) is 5.92 Å². The minimum Gasteiger partial charge on any atom is -0.340 e. The van der Waals surface area contributed by atoms with Crippen molar-refractivity contribution in [2.45, 2.75) is 40.0 Å². The molecular formula is C17H26N2. The quantitative estimate of drug-likeness (QED) is 0.796. The van der Waals surface area contributed by atoms with E-state index in [-0.39, 0.29) is 0 Å². The summed E-state index contributed by atoms with van der Waals surface area (Å²) in [5.74, 6) is 1.31. The molecule has 0 radical (unpaired) electrons. The van der Waals surface area contributed by atoms with Gasteiger partial charge in [0.2, 0.25) is 0 Å². The summed E-state index contributed by atoms with van der Waals surface area (Å²) in [5, 5.41) is 0. The summed E-state index contributed by atoms with van der Waals surface area (Å²) in [6.07, 6.45) is 5.07. The highest BCUT2D eigenvalue weighted by Crippen LogP contribution is 2.09. The van der Waals surface area contributed by atoms with Crippen LogP contribution in [0.2, 0.25) is 0 Å². The maximum Gasteiger partial charge on any atom is 0.0946 e. The van der Waals surface area contributed by atoms with Crippen molar-refractivity contribution in [1.29, 1.82) is 0 Å². The first kappa shape index (κ1) is 15.5. The first-order chi connectivity index (χ1) is 8.99. The van der Waals surface area contributed by atoms with Crippen molar-refractivity contribution in [3.63, 3.8) is 0 Å². The number of aryl methyl sites for hydroxylation is 1. The third-order valence-electron chi connectivity index (χ3n) is 2.80. The van der Waals surface area contributed by atoms with E-state index in [9.17, 15) is 0 Å². The van der Waals surface area contributed by atoms with Gasteiger partial charge in [-0.05, 0) is 23.8 Å². The van der Waals surface area contributed by atoms with E-state index in [4.69, 9.17) is 0 Å². The minimum atomic E-state index is 0.547. The van der Waals surface area contributed by atoms with Crippen LogP contribution in [-0.2, 0) is 13.5 Å². The molecule has 0 saturated heterocycles. The fraction of sp³-hybridized carbons (Fsp3) is 0.471. The third-order valence-corrected chi connectivity index (χ3v) is 2.80. The molecule has 2 aromatic rings. The van der Waals surface area contributed by atoms with Gasteiger partial charge in [-0.2, -0.15) is 0 Å². The van der Waals surface area contributed by atoms with Crippen LogP contribution in [0.1, 0.15) is 44.9 Å². The largest absolute Gasteiger partial charge is 0.340 e. The molecule has 0 aliphatic carbocycles. The summed E-state index contributed by atoms with van der Waals surface area (Å²) in [4.78, 5) is 4.18. The van der Waals surface area contributed by atoms with E-state index < -0.39 is 0 Å². The molecule has 2 rings (SSSR count). The van der Waals surface area contributed by atoms with Crippen LogP contribution in [0.4, 0.5) is 0 Å².